The molecule has 1 amide bonds. The van der Waals surface area contributed by atoms with Gasteiger partial charge in [0.05, 0.1) is 13.2 Å². The Balaban J connectivity index is 2.37. The van der Waals surface area contributed by atoms with E-state index in [-0.39, 0.29) is 11.8 Å². The second-order valence-electron chi connectivity index (χ2n) is 5.58. The molecule has 1 aromatic carbocycles. The van der Waals surface area contributed by atoms with Gasteiger partial charge in [0, 0.05) is 17.2 Å². The molecule has 21 heavy (non-hydrogen) atoms. The summed E-state index contributed by atoms with van der Waals surface area (Å²) in [5.74, 6) is 2.25. The zero-order valence-electron chi connectivity index (χ0n) is 13.3. The lowest BCUT2D eigenvalue weighted by Crippen LogP contribution is -2.45. The van der Waals surface area contributed by atoms with E-state index in [1.165, 1.54) is 0 Å². The Morgan fingerprint density at radius 1 is 1.33 bits per heavy atom. The van der Waals surface area contributed by atoms with Crippen molar-refractivity contribution < 1.29 is 9.53 Å². The monoisotopic (exact) mass is 310 g/mol. The Bertz CT molecular complexity index is 452. The first-order valence-electron chi connectivity index (χ1n) is 7.24. The van der Waals surface area contributed by atoms with E-state index in [1.807, 2.05) is 38.1 Å². The number of nitrogens with one attached hydrogen (secondary N) is 1. The van der Waals surface area contributed by atoms with Crippen LogP contribution in [0.1, 0.15) is 20.8 Å². The van der Waals surface area contributed by atoms with Crippen LogP contribution in [0.15, 0.2) is 29.2 Å². The van der Waals surface area contributed by atoms with Gasteiger partial charge in [0.2, 0.25) is 5.91 Å². The minimum Gasteiger partial charge on any atom is -0.496 e. The quantitative estimate of drug-likeness (QED) is 0.724. The first-order chi connectivity index (χ1) is 9.95. The number of para-hydroxylation sites is 1. The number of benzene rings is 1. The average molecular weight is 310 g/mol. The molecule has 0 aliphatic carbocycles. The number of thioether (sulfide) groups is 1. The van der Waals surface area contributed by atoms with Crippen molar-refractivity contribution in [3.05, 3.63) is 24.3 Å². The number of amides is 1. The Kier molecular flexibility index (Phi) is 7.61. The van der Waals surface area contributed by atoms with Crippen LogP contribution in [-0.2, 0) is 4.79 Å². The molecule has 0 heterocycles. The molecular weight excluding hydrogens is 284 g/mol. The zero-order chi connectivity index (χ0) is 15.8. The Hall–Kier alpha value is -1.20. The van der Waals surface area contributed by atoms with Gasteiger partial charge in [0.1, 0.15) is 5.75 Å². The summed E-state index contributed by atoms with van der Waals surface area (Å²) < 4.78 is 5.33. The van der Waals surface area contributed by atoms with Gasteiger partial charge >= 0.3 is 0 Å². The van der Waals surface area contributed by atoms with Gasteiger partial charge in [-0.2, -0.15) is 0 Å². The van der Waals surface area contributed by atoms with E-state index < -0.39 is 6.04 Å². The fourth-order valence-electron chi connectivity index (χ4n) is 1.72. The van der Waals surface area contributed by atoms with E-state index in [1.54, 1.807) is 18.9 Å². The van der Waals surface area contributed by atoms with Crippen LogP contribution in [0.2, 0.25) is 0 Å². The summed E-state index contributed by atoms with van der Waals surface area (Å²) in [6.07, 6.45) is 0. The van der Waals surface area contributed by atoms with Gasteiger partial charge < -0.3 is 15.8 Å². The maximum absolute atomic E-state index is 11.8. The van der Waals surface area contributed by atoms with Crippen LogP contribution in [0.4, 0.5) is 0 Å². The SMILES string of the molecule is COc1ccccc1SCC(C)CNC(=O)[C@@H](N)C(C)C. The molecule has 118 valence electrons. The highest BCUT2D eigenvalue weighted by Gasteiger charge is 2.17. The van der Waals surface area contributed by atoms with Crippen LogP contribution in [0, 0.1) is 11.8 Å². The van der Waals surface area contributed by atoms with Gasteiger partial charge in [0.25, 0.3) is 0 Å². The summed E-state index contributed by atoms with van der Waals surface area (Å²) in [5, 5.41) is 2.92. The molecule has 2 atom stereocenters. The van der Waals surface area contributed by atoms with Crippen molar-refractivity contribution in [2.45, 2.75) is 31.7 Å². The van der Waals surface area contributed by atoms with Crippen LogP contribution in [-0.4, -0.2) is 31.4 Å². The highest BCUT2D eigenvalue weighted by Crippen LogP contribution is 2.29. The molecule has 5 heteroatoms. The second-order valence-corrected chi connectivity index (χ2v) is 6.64. The van der Waals surface area contributed by atoms with Crippen LogP contribution >= 0.6 is 11.8 Å². The molecule has 0 saturated carbocycles. The van der Waals surface area contributed by atoms with E-state index in [0.717, 1.165) is 16.4 Å². The molecule has 0 saturated heterocycles. The molecule has 0 fully saturated rings. The molecule has 0 bridgehead atoms. The summed E-state index contributed by atoms with van der Waals surface area (Å²) in [5.41, 5.74) is 5.82. The number of carbonyl (C=O) groups is 1. The number of hydrogen-bond donors (Lipinski definition) is 2. The standard InChI is InChI=1S/C16H26N2O2S/c1-11(2)15(17)16(19)18-9-12(3)10-21-14-8-6-5-7-13(14)20-4/h5-8,11-12,15H,9-10,17H2,1-4H3,(H,18,19)/t12?,15-/m0/s1. The second kappa shape index (κ2) is 8.95. The van der Waals surface area contributed by atoms with E-state index in [2.05, 4.69) is 12.2 Å². The number of ether oxygens (including phenoxy) is 1. The van der Waals surface area contributed by atoms with Crippen molar-refractivity contribution in [1.82, 2.24) is 5.32 Å². The average Bonchev–Trinajstić information content (AvgIpc) is 2.49. The van der Waals surface area contributed by atoms with Gasteiger partial charge in [-0.1, -0.05) is 32.9 Å². The molecule has 0 aromatic heterocycles. The molecule has 1 unspecified atom stereocenters. The lowest BCUT2D eigenvalue weighted by Gasteiger charge is -2.18. The molecule has 0 aliphatic heterocycles. The number of nitrogens with two attached hydrogens (primary N) is 1. The Morgan fingerprint density at radius 3 is 2.62 bits per heavy atom. The van der Waals surface area contributed by atoms with Crippen LogP contribution < -0.4 is 15.8 Å². The smallest absolute Gasteiger partial charge is 0.237 e. The highest BCUT2D eigenvalue weighted by atomic mass is 32.2. The van der Waals surface area contributed by atoms with E-state index in [4.69, 9.17) is 10.5 Å². The van der Waals surface area contributed by atoms with Crippen molar-refractivity contribution in [3.63, 3.8) is 0 Å². The molecule has 3 N–H and O–H groups in total. The number of rotatable bonds is 8. The largest absolute Gasteiger partial charge is 0.496 e. The summed E-state index contributed by atoms with van der Waals surface area (Å²) in [6.45, 7) is 6.65. The van der Waals surface area contributed by atoms with Crippen LogP contribution in [0.3, 0.4) is 0 Å². The third-order valence-electron chi connectivity index (χ3n) is 3.24. The molecule has 1 aromatic rings. The van der Waals surface area contributed by atoms with Crippen LogP contribution in [0.25, 0.3) is 0 Å². The molecular formula is C16H26N2O2S. The molecule has 0 radical (unpaired) electrons. The van der Waals surface area contributed by atoms with Gasteiger partial charge in [-0.15, -0.1) is 11.8 Å². The van der Waals surface area contributed by atoms with Gasteiger partial charge in [-0.05, 0) is 24.0 Å². The van der Waals surface area contributed by atoms with Crippen LogP contribution in [0.5, 0.6) is 5.75 Å². The minimum atomic E-state index is -0.431. The van der Waals surface area contributed by atoms with Gasteiger partial charge in [-0.3, -0.25) is 4.79 Å². The van der Waals surface area contributed by atoms with E-state index in [0.29, 0.717) is 12.5 Å². The summed E-state index contributed by atoms with van der Waals surface area (Å²) in [4.78, 5) is 12.9. The van der Waals surface area contributed by atoms with E-state index in [9.17, 15) is 4.79 Å². The predicted octanol–water partition coefficient (Wildman–Crippen LogP) is 2.52. The first-order valence-corrected chi connectivity index (χ1v) is 8.23. The van der Waals surface area contributed by atoms with Crippen molar-refractivity contribution in [3.8, 4) is 5.75 Å². The molecule has 4 nitrogen and oxygen atoms in total. The van der Waals surface area contributed by atoms with Gasteiger partial charge in [-0.25, -0.2) is 0 Å². The molecule has 0 aliphatic rings. The third-order valence-corrected chi connectivity index (χ3v) is 4.62. The topological polar surface area (TPSA) is 64.3 Å². The number of methoxy groups -OCH3 is 1. The van der Waals surface area contributed by atoms with Crippen molar-refractivity contribution in [1.29, 1.82) is 0 Å². The third kappa shape index (κ3) is 5.98. The van der Waals surface area contributed by atoms with E-state index >= 15 is 0 Å². The lowest BCUT2D eigenvalue weighted by atomic mass is 10.0. The fourth-order valence-corrected chi connectivity index (χ4v) is 2.77. The Labute approximate surface area is 131 Å². The summed E-state index contributed by atoms with van der Waals surface area (Å²) in [6, 6.07) is 7.53. The first kappa shape index (κ1) is 17.9. The Morgan fingerprint density at radius 2 is 2.00 bits per heavy atom. The predicted molar refractivity (Wildman–Crippen MR) is 88.7 cm³/mol. The normalized spacial score (nSPS) is 13.8. The highest BCUT2D eigenvalue weighted by molar-refractivity contribution is 7.99. The molecule has 1 rings (SSSR count). The van der Waals surface area contributed by atoms with Gasteiger partial charge in [0.15, 0.2) is 0 Å². The molecule has 0 spiro atoms. The van der Waals surface area contributed by atoms with Crippen molar-refractivity contribution in [2.75, 3.05) is 19.4 Å². The lowest BCUT2D eigenvalue weighted by molar-refractivity contribution is -0.123. The number of carbonyl (C=O) groups excluding carboxylic acids is 1. The summed E-state index contributed by atoms with van der Waals surface area (Å²) >= 11 is 1.74. The van der Waals surface area contributed by atoms with Crippen molar-refractivity contribution >= 4 is 17.7 Å². The van der Waals surface area contributed by atoms with Crippen molar-refractivity contribution in [2.24, 2.45) is 17.6 Å². The maximum atomic E-state index is 11.8. The summed E-state index contributed by atoms with van der Waals surface area (Å²) in [7, 11) is 1.68. The zero-order valence-corrected chi connectivity index (χ0v) is 14.1. The minimum absolute atomic E-state index is 0.0702. The number of hydrogen-bond acceptors (Lipinski definition) is 4. The maximum Gasteiger partial charge on any atom is 0.237 e. The fraction of sp³-hybridized carbons (Fsp3) is 0.562.